The lowest BCUT2D eigenvalue weighted by Gasteiger charge is -2.21. The molecule has 0 saturated carbocycles. The van der Waals surface area contributed by atoms with Crippen LogP contribution in [0.3, 0.4) is 0 Å². The van der Waals surface area contributed by atoms with E-state index in [0.29, 0.717) is 0 Å². The Morgan fingerprint density at radius 3 is 2.91 bits per heavy atom. The summed E-state index contributed by atoms with van der Waals surface area (Å²) in [5.41, 5.74) is 3.88. The molecule has 1 unspecified atom stereocenters. The van der Waals surface area contributed by atoms with Crippen LogP contribution in [0.15, 0.2) is 34.5 Å². The predicted octanol–water partition coefficient (Wildman–Crippen LogP) is -1.44. The van der Waals surface area contributed by atoms with Crippen molar-refractivity contribution < 1.29 is 24.0 Å². The molecular formula is C12H18N3O7P. The van der Waals surface area contributed by atoms with Crippen molar-refractivity contribution in [2.75, 3.05) is 13.2 Å². The molecule has 1 fully saturated rings. The maximum Gasteiger partial charge on any atom is 0.330 e. The van der Waals surface area contributed by atoms with E-state index >= 15 is 0 Å². The standard InChI is InChI=1S/C12H18N3O7P/c1-2-5-20-10-9(17)7(6-21-23(13)19)22-11(10)15-4-3-8(16)14-12(15)18/h2-4,7,9-11,17,19H,1,5-6,13H2,(H,14,16,18)/t7-,9-,10-,11-,23?/m1/s1. The van der Waals surface area contributed by atoms with Crippen molar-refractivity contribution in [2.45, 2.75) is 24.5 Å². The summed E-state index contributed by atoms with van der Waals surface area (Å²) in [7, 11) is -2.10. The van der Waals surface area contributed by atoms with E-state index in [9.17, 15) is 14.7 Å². The van der Waals surface area contributed by atoms with Gasteiger partial charge in [-0.15, -0.1) is 6.58 Å². The highest BCUT2D eigenvalue weighted by molar-refractivity contribution is 7.43. The third kappa shape index (κ3) is 4.33. The summed E-state index contributed by atoms with van der Waals surface area (Å²) in [4.78, 5) is 34.2. The lowest BCUT2D eigenvalue weighted by atomic mass is 10.1. The number of H-pyrrole nitrogens is 1. The second-order valence-corrected chi connectivity index (χ2v) is 5.62. The molecule has 1 aromatic rings. The Labute approximate surface area is 132 Å². The monoisotopic (exact) mass is 347 g/mol. The lowest BCUT2D eigenvalue weighted by molar-refractivity contribution is -0.0671. The third-order valence-corrected chi connectivity index (χ3v) is 3.63. The minimum atomic E-state index is -2.10. The van der Waals surface area contributed by atoms with Crippen LogP contribution in [0.5, 0.6) is 0 Å². The lowest BCUT2D eigenvalue weighted by Crippen LogP contribution is -2.39. The average Bonchev–Trinajstić information content (AvgIpc) is 2.79. The first-order valence-corrected chi connectivity index (χ1v) is 7.96. The van der Waals surface area contributed by atoms with E-state index in [0.717, 1.165) is 10.6 Å². The van der Waals surface area contributed by atoms with Crippen LogP contribution in [0.25, 0.3) is 0 Å². The molecule has 5 N–H and O–H groups in total. The third-order valence-electron chi connectivity index (χ3n) is 3.22. The molecule has 1 aliphatic heterocycles. The van der Waals surface area contributed by atoms with Crippen LogP contribution >= 0.6 is 8.53 Å². The number of nitrogens with one attached hydrogen (secondary N) is 1. The Bertz CT molecular complexity index is 646. The van der Waals surface area contributed by atoms with Crippen molar-refractivity contribution in [3.8, 4) is 0 Å². The quantitative estimate of drug-likeness (QED) is 0.346. The van der Waals surface area contributed by atoms with Gasteiger partial charge in [-0.1, -0.05) is 6.08 Å². The van der Waals surface area contributed by atoms with E-state index in [1.165, 1.54) is 12.3 Å². The second kappa shape index (κ2) is 7.93. The van der Waals surface area contributed by atoms with Crippen molar-refractivity contribution in [3.63, 3.8) is 0 Å². The molecule has 0 aromatic carbocycles. The van der Waals surface area contributed by atoms with E-state index in [1.54, 1.807) is 0 Å². The molecule has 11 heteroatoms. The number of hydrogen-bond acceptors (Lipinski definition) is 8. The van der Waals surface area contributed by atoms with Crippen LogP contribution in [0.1, 0.15) is 6.23 Å². The first-order chi connectivity index (χ1) is 10.9. The summed E-state index contributed by atoms with van der Waals surface area (Å²) in [5.74, 6) is 0. The average molecular weight is 347 g/mol. The van der Waals surface area contributed by atoms with E-state index in [4.69, 9.17) is 24.4 Å². The molecule has 1 saturated heterocycles. The summed E-state index contributed by atoms with van der Waals surface area (Å²) in [6, 6.07) is 1.15. The highest BCUT2D eigenvalue weighted by Crippen LogP contribution is 2.32. The van der Waals surface area contributed by atoms with E-state index in [2.05, 4.69) is 11.6 Å². The molecule has 0 radical (unpaired) electrons. The summed E-state index contributed by atoms with van der Waals surface area (Å²) in [6.45, 7) is 3.46. The molecule has 1 aliphatic rings. The van der Waals surface area contributed by atoms with E-state index in [1.807, 2.05) is 0 Å². The molecule has 1 aromatic heterocycles. The van der Waals surface area contributed by atoms with Crippen LogP contribution in [0.4, 0.5) is 0 Å². The van der Waals surface area contributed by atoms with Gasteiger partial charge in [-0.2, -0.15) is 0 Å². The van der Waals surface area contributed by atoms with Crippen molar-refractivity contribution >= 4 is 8.53 Å². The first-order valence-electron chi connectivity index (χ1n) is 6.68. The summed E-state index contributed by atoms with van der Waals surface area (Å²) in [6.07, 6.45) is -1.15. The molecule has 23 heavy (non-hydrogen) atoms. The second-order valence-electron chi connectivity index (χ2n) is 4.76. The van der Waals surface area contributed by atoms with Crippen molar-refractivity contribution in [1.29, 1.82) is 0 Å². The van der Waals surface area contributed by atoms with Crippen molar-refractivity contribution in [2.24, 2.45) is 5.50 Å². The van der Waals surface area contributed by atoms with Crippen LogP contribution in [-0.4, -0.2) is 51.1 Å². The molecule has 128 valence electrons. The summed E-state index contributed by atoms with van der Waals surface area (Å²) < 4.78 is 17.0. The zero-order chi connectivity index (χ0) is 17.0. The number of aliphatic hydroxyl groups excluding tert-OH is 1. The Balaban J connectivity index is 2.25. The van der Waals surface area contributed by atoms with Gasteiger partial charge in [0.15, 0.2) is 6.23 Å². The molecular weight excluding hydrogens is 329 g/mol. The molecule has 2 heterocycles. The highest BCUT2D eigenvalue weighted by atomic mass is 31.2. The van der Waals surface area contributed by atoms with Gasteiger partial charge >= 0.3 is 5.69 Å². The molecule has 2 rings (SSSR count). The Kier molecular flexibility index (Phi) is 6.19. The molecule has 0 bridgehead atoms. The molecule has 10 nitrogen and oxygen atoms in total. The van der Waals surface area contributed by atoms with Gasteiger partial charge in [0.1, 0.15) is 18.3 Å². The number of aromatic nitrogens is 2. The van der Waals surface area contributed by atoms with Gasteiger partial charge in [0.05, 0.1) is 13.2 Å². The summed E-state index contributed by atoms with van der Waals surface area (Å²) in [5, 5.41) is 10.3. The van der Waals surface area contributed by atoms with Gasteiger partial charge in [-0.05, 0) is 0 Å². The fraction of sp³-hybridized carbons (Fsp3) is 0.500. The predicted molar refractivity (Wildman–Crippen MR) is 80.5 cm³/mol. The number of aromatic amines is 1. The zero-order valence-corrected chi connectivity index (χ0v) is 13.0. The van der Waals surface area contributed by atoms with Crippen LogP contribution in [0.2, 0.25) is 0 Å². The summed E-state index contributed by atoms with van der Waals surface area (Å²) >= 11 is 0. The first kappa shape index (κ1) is 18.0. The van der Waals surface area contributed by atoms with Crippen molar-refractivity contribution in [1.82, 2.24) is 9.55 Å². The largest absolute Gasteiger partial charge is 0.387 e. The minimum absolute atomic E-state index is 0.122. The smallest absolute Gasteiger partial charge is 0.330 e. The van der Waals surface area contributed by atoms with Gasteiger partial charge in [0.2, 0.25) is 8.53 Å². The van der Waals surface area contributed by atoms with Gasteiger partial charge < -0.3 is 24.0 Å². The number of aliphatic hydroxyl groups is 1. The van der Waals surface area contributed by atoms with Crippen LogP contribution in [-0.2, 0) is 14.0 Å². The minimum Gasteiger partial charge on any atom is -0.387 e. The molecule has 5 atom stereocenters. The SMILES string of the molecule is C=CCO[C@@H]1[C@H](O)[C@@H](COP(N)O)O[C@H]1n1ccc(=O)[nH]c1=O. The Morgan fingerprint density at radius 2 is 2.30 bits per heavy atom. The topological polar surface area (TPSA) is 149 Å². The van der Waals surface area contributed by atoms with Gasteiger partial charge in [0, 0.05) is 12.3 Å². The van der Waals surface area contributed by atoms with Gasteiger partial charge in [-0.3, -0.25) is 19.8 Å². The highest BCUT2D eigenvalue weighted by Gasteiger charge is 2.46. The number of hydrogen-bond donors (Lipinski definition) is 4. The Hall–Kier alpha value is -1.39. The van der Waals surface area contributed by atoms with Gasteiger partial charge in [0.25, 0.3) is 5.56 Å². The number of rotatable bonds is 7. The van der Waals surface area contributed by atoms with Crippen LogP contribution in [0, 0.1) is 0 Å². The zero-order valence-electron chi connectivity index (χ0n) is 12.1. The number of ether oxygens (including phenoxy) is 2. The van der Waals surface area contributed by atoms with Crippen LogP contribution < -0.4 is 16.8 Å². The maximum absolute atomic E-state index is 11.9. The Morgan fingerprint density at radius 1 is 1.57 bits per heavy atom. The fourth-order valence-electron chi connectivity index (χ4n) is 2.22. The normalized spacial score (nSPS) is 28.7. The molecule has 0 spiro atoms. The number of nitrogens with zero attached hydrogens (tertiary/aromatic N) is 1. The van der Waals surface area contributed by atoms with E-state index < -0.39 is 44.3 Å². The molecule has 0 aliphatic carbocycles. The van der Waals surface area contributed by atoms with E-state index in [-0.39, 0.29) is 13.2 Å². The fourth-order valence-corrected chi connectivity index (χ4v) is 2.52. The molecule has 0 amide bonds. The van der Waals surface area contributed by atoms with Crippen molar-refractivity contribution in [3.05, 3.63) is 45.8 Å². The number of nitrogens with two attached hydrogens (primary N) is 1. The van der Waals surface area contributed by atoms with Gasteiger partial charge in [-0.25, -0.2) is 4.79 Å². The maximum atomic E-state index is 11.9.